The molecule has 148 valence electrons. The molecular formula is C17H14N6O4S2. The van der Waals surface area contributed by atoms with Crippen LogP contribution in [0.2, 0.25) is 0 Å². The third-order valence-electron chi connectivity index (χ3n) is 3.41. The highest BCUT2D eigenvalue weighted by molar-refractivity contribution is 8.01. The second-order valence-corrected chi connectivity index (χ2v) is 7.66. The molecule has 0 saturated heterocycles. The van der Waals surface area contributed by atoms with Crippen LogP contribution in [0.1, 0.15) is 10.4 Å². The highest BCUT2D eigenvalue weighted by Crippen LogP contribution is 2.27. The number of thioether (sulfide) groups is 1. The van der Waals surface area contributed by atoms with Crippen molar-refractivity contribution in [2.24, 2.45) is 0 Å². The summed E-state index contributed by atoms with van der Waals surface area (Å²) in [7, 11) is 0. The average Bonchev–Trinajstić information content (AvgIpc) is 3.18. The molecule has 3 rings (SSSR count). The number of benzene rings is 2. The lowest BCUT2D eigenvalue weighted by molar-refractivity contribution is -0.384. The number of nitrogens with zero attached hydrogens (tertiary/aromatic N) is 3. The number of carbonyl (C=O) groups excluding carboxylic acids is 2. The van der Waals surface area contributed by atoms with Crippen molar-refractivity contribution in [1.82, 2.24) is 21.0 Å². The van der Waals surface area contributed by atoms with Gasteiger partial charge in [-0.1, -0.05) is 41.3 Å². The molecule has 0 aliphatic rings. The monoisotopic (exact) mass is 430 g/mol. The van der Waals surface area contributed by atoms with E-state index in [0.717, 1.165) is 5.69 Å². The Bertz CT molecular complexity index is 1010. The van der Waals surface area contributed by atoms with Gasteiger partial charge >= 0.3 is 0 Å². The Morgan fingerprint density at radius 1 is 1.03 bits per heavy atom. The Hall–Kier alpha value is -3.51. The lowest BCUT2D eigenvalue weighted by Gasteiger charge is -2.06. The summed E-state index contributed by atoms with van der Waals surface area (Å²) in [5, 5.41) is 22.3. The molecule has 0 atom stereocenters. The number of hydrogen-bond donors (Lipinski definition) is 3. The summed E-state index contributed by atoms with van der Waals surface area (Å²) in [6.45, 7) is 0. The van der Waals surface area contributed by atoms with E-state index in [0.29, 0.717) is 9.47 Å². The number of nitro benzene ring substituents is 1. The summed E-state index contributed by atoms with van der Waals surface area (Å²) in [4.78, 5) is 33.9. The summed E-state index contributed by atoms with van der Waals surface area (Å²) in [6.07, 6.45) is 0. The van der Waals surface area contributed by atoms with Crippen molar-refractivity contribution in [1.29, 1.82) is 0 Å². The number of non-ortho nitro benzene ring substituents is 1. The lowest BCUT2D eigenvalue weighted by atomic mass is 10.2. The number of hydrogen-bond acceptors (Lipinski definition) is 9. The summed E-state index contributed by atoms with van der Waals surface area (Å²) >= 11 is 2.48. The first-order chi connectivity index (χ1) is 14.0. The van der Waals surface area contributed by atoms with E-state index in [4.69, 9.17) is 0 Å². The van der Waals surface area contributed by atoms with Crippen LogP contribution in [0.5, 0.6) is 0 Å². The molecule has 29 heavy (non-hydrogen) atoms. The third-order valence-corrected chi connectivity index (χ3v) is 5.39. The number of nitrogens with one attached hydrogen (secondary N) is 3. The van der Waals surface area contributed by atoms with Crippen molar-refractivity contribution in [3.63, 3.8) is 0 Å². The molecule has 10 nitrogen and oxygen atoms in total. The topological polar surface area (TPSA) is 139 Å². The molecule has 1 aromatic heterocycles. The molecule has 3 N–H and O–H groups in total. The highest BCUT2D eigenvalue weighted by atomic mass is 32.2. The maximum Gasteiger partial charge on any atom is 0.269 e. The van der Waals surface area contributed by atoms with E-state index in [1.807, 2.05) is 30.3 Å². The molecule has 0 aliphatic heterocycles. The zero-order chi connectivity index (χ0) is 20.6. The van der Waals surface area contributed by atoms with Crippen LogP contribution in [0.15, 0.2) is 58.9 Å². The van der Waals surface area contributed by atoms with Crippen molar-refractivity contribution in [2.75, 3.05) is 11.1 Å². The van der Waals surface area contributed by atoms with Gasteiger partial charge in [0.05, 0.1) is 10.7 Å². The van der Waals surface area contributed by atoms with Gasteiger partial charge in [0.1, 0.15) is 0 Å². The second-order valence-electron chi connectivity index (χ2n) is 5.46. The maximum atomic E-state index is 12.0. The molecule has 2 aromatic carbocycles. The van der Waals surface area contributed by atoms with Gasteiger partial charge in [0.25, 0.3) is 11.6 Å². The van der Waals surface area contributed by atoms with Crippen molar-refractivity contribution in [3.8, 4) is 0 Å². The maximum absolute atomic E-state index is 12.0. The van der Waals surface area contributed by atoms with E-state index in [1.165, 1.54) is 47.4 Å². The zero-order valence-electron chi connectivity index (χ0n) is 14.7. The number of carbonyl (C=O) groups is 2. The largest absolute Gasteiger partial charge is 0.330 e. The first-order valence-corrected chi connectivity index (χ1v) is 9.93. The van der Waals surface area contributed by atoms with Gasteiger partial charge in [0, 0.05) is 23.4 Å². The predicted molar refractivity (Wildman–Crippen MR) is 109 cm³/mol. The molecule has 12 heteroatoms. The Morgan fingerprint density at radius 2 is 1.76 bits per heavy atom. The van der Waals surface area contributed by atoms with Crippen molar-refractivity contribution < 1.29 is 14.5 Å². The molecule has 1 heterocycles. The van der Waals surface area contributed by atoms with Crippen LogP contribution in [0, 0.1) is 10.1 Å². The number of hydrazine groups is 1. The van der Waals surface area contributed by atoms with Crippen LogP contribution >= 0.6 is 23.1 Å². The minimum absolute atomic E-state index is 0.0283. The first-order valence-electron chi connectivity index (χ1n) is 8.13. The molecule has 0 unspecified atom stereocenters. The van der Waals surface area contributed by atoms with Gasteiger partial charge < -0.3 is 5.32 Å². The molecule has 0 fully saturated rings. The lowest BCUT2D eigenvalue weighted by Crippen LogP contribution is -2.42. The van der Waals surface area contributed by atoms with E-state index in [2.05, 4.69) is 26.4 Å². The molecule has 0 aliphatic carbocycles. The van der Waals surface area contributed by atoms with Crippen LogP contribution in [0.3, 0.4) is 0 Å². The first kappa shape index (κ1) is 20.2. The number of aromatic nitrogens is 2. The summed E-state index contributed by atoms with van der Waals surface area (Å²) in [5.74, 6) is -0.984. The number of amides is 2. The average molecular weight is 430 g/mol. The molecule has 3 aromatic rings. The van der Waals surface area contributed by atoms with Gasteiger partial charge in [-0.25, -0.2) is 0 Å². The van der Waals surface area contributed by atoms with Crippen molar-refractivity contribution in [3.05, 3.63) is 70.3 Å². The minimum atomic E-state index is -0.580. The van der Waals surface area contributed by atoms with E-state index in [9.17, 15) is 19.7 Å². The van der Waals surface area contributed by atoms with Crippen LogP contribution in [0.25, 0.3) is 0 Å². The highest BCUT2D eigenvalue weighted by Gasteiger charge is 2.12. The quantitative estimate of drug-likeness (QED) is 0.295. The van der Waals surface area contributed by atoms with Crippen LogP contribution in [-0.2, 0) is 4.79 Å². The Balaban J connectivity index is 1.43. The van der Waals surface area contributed by atoms with E-state index in [1.54, 1.807) is 0 Å². The van der Waals surface area contributed by atoms with Crippen LogP contribution in [-0.4, -0.2) is 32.7 Å². The fourth-order valence-corrected chi connectivity index (χ4v) is 3.63. The van der Waals surface area contributed by atoms with E-state index < -0.39 is 16.7 Å². The van der Waals surface area contributed by atoms with Gasteiger partial charge in [-0.15, -0.1) is 10.2 Å². The SMILES string of the molecule is O=C(CSc1nnc(Nc2ccccc2)s1)NNC(=O)c1ccc([N+](=O)[O-])cc1. The number of para-hydroxylation sites is 1. The summed E-state index contributed by atoms with van der Waals surface area (Å²) in [6, 6.07) is 14.5. The molecule has 0 bridgehead atoms. The summed E-state index contributed by atoms with van der Waals surface area (Å²) < 4.78 is 0.597. The van der Waals surface area contributed by atoms with Gasteiger partial charge in [-0.3, -0.25) is 30.6 Å². The van der Waals surface area contributed by atoms with Crippen molar-refractivity contribution in [2.45, 2.75) is 4.34 Å². The zero-order valence-corrected chi connectivity index (χ0v) is 16.3. The predicted octanol–water partition coefficient (Wildman–Crippen LogP) is 2.74. The van der Waals surface area contributed by atoms with Gasteiger partial charge in [0.2, 0.25) is 11.0 Å². The second kappa shape index (κ2) is 9.61. The summed E-state index contributed by atoms with van der Waals surface area (Å²) in [5.41, 5.74) is 5.48. The number of nitro groups is 1. The van der Waals surface area contributed by atoms with Crippen LogP contribution < -0.4 is 16.2 Å². The Morgan fingerprint density at radius 3 is 2.45 bits per heavy atom. The number of anilines is 2. The fraction of sp³-hybridized carbons (Fsp3) is 0.0588. The normalized spacial score (nSPS) is 10.2. The van der Waals surface area contributed by atoms with Crippen LogP contribution in [0.4, 0.5) is 16.5 Å². The molecular weight excluding hydrogens is 416 g/mol. The molecule has 0 spiro atoms. The van der Waals surface area contributed by atoms with Gasteiger partial charge in [-0.2, -0.15) is 0 Å². The smallest absolute Gasteiger partial charge is 0.269 e. The van der Waals surface area contributed by atoms with Gasteiger partial charge in [0.15, 0.2) is 4.34 Å². The third kappa shape index (κ3) is 5.99. The van der Waals surface area contributed by atoms with E-state index in [-0.39, 0.29) is 17.0 Å². The van der Waals surface area contributed by atoms with E-state index >= 15 is 0 Å². The number of rotatable bonds is 7. The minimum Gasteiger partial charge on any atom is -0.330 e. The standard InChI is InChI=1S/C17H14N6O4S2/c24-14(19-20-15(25)11-6-8-13(9-7-11)23(26)27)10-28-17-22-21-16(29-17)18-12-4-2-1-3-5-12/h1-9H,10H2,(H,18,21)(H,19,24)(H,20,25). The van der Waals surface area contributed by atoms with Crippen molar-refractivity contribution >= 4 is 51.4 Å². The molecule has 2 amide bonds. The fourth-order valence-electron chi connectivity index (χ4n) is 2.06. The Labute approximate surface area is 172 Å². The molecule has 0 saturated carbocycles. The van der Waals surface area contributed by atoms with Gasteiger partial charge in [-0.05, 0) is 24.3 Å². The molecule has 0 radical (unpaired) electrons. The Kier molecular flexibility index (Phi) is 6.71.